The Morgan fingerprint density at radius 3 is 2.76 bits per heavy atom. The van der Waals surface area contributed by atoms with Crippen molar-refractivity contribution in [2.45, 2.75) is 12.8 Å². The molecule has 4 nitrogen and oxygen atoms in total. The third-order valence-corrected chi connectivity index (χ3v) is 3.78. The highest BCUT2D eigenvalue weighted by molar-refractivity contribution is 5.97. The van der Waals surface area contributed by atoms with Crippen molar-refractivity contribution >= 4 is 5.91 Å². The molecule has 0 radical (unpaired) electrons. The van der Waals surface area contributed by atoms with Crippen LogP contribution in [0.3, 0.4) is 0 Å². The Kier molecular flexibility index (Phi) is 5.65. The van der Waals surface area contributed by atoms with Crippen molar-refractivity contribution in [3.8, 4) is 18.1 Å². The van der Waals surface area contributed by atoms with Gasteiger partial charge in [-0.25, -0.2) is 0 Å². The van der Waals surface area contributed by atoms with Gasteiger partial charge >= 0.3 is 0 Å². The van der Waals surface area contributed by atoms with Crippen LogP contribution in [0.4, 0.5) is 0 Å². The van der Waals surface area contributed by atoms with Crippen LogP contribution in [-0.4, -0.2) is 44.2 Å². The summed E-state index contributed by atoms with van der Waals surface area (Å²) in [6.45, 7) is 2.54. The Balaban J connectivity index is 1.90. The van der Waals surface area contributed by atoms with E-state index in [0.717, 1.165) is 25.9 Å². The lowest BCUT2D eigenvalue weighted by Crippen LogP contribution is -2.39. The van der Waals surface area contributed by atoms with Crippen LogP contribution in [0.5, 0.6) is 5.75 Å². The van der Waals surface area contributed by atoms with E-state index in [-0.39, 0.29) is 5.91 Å². The summed E-state index contributed by atoms with van der Waals surface area (Å²) in [5.41, 5.74) is 0.627. The standard InChI is InChI=1S/C17H21NO3/c1-3-12-21-13-14-8-10-18(11-9-14)17(19)15-6-4-5-7-16(15)20-2/h1,4-7,14H,8-13H2,2H3. The number of benzene rings is 1. The number of nitrogens with zero attached hydrogens (tertiary/aromatic N) is 1. The number of rotatable bonds is 5. The summed E-state index contributed by atoms with van der Waals surface area (Å²) >= 11 is 0. The molecular weight excluding hydrogens is 266 g/mol. The van der Waals surface area contributed by atoms with Gasteiger partial charge in [-0.3, -0.25) is 4.79 Å². The van der Waals surface area contributed by atoms with E-state index in [9.17, 15) is 4.79 Å². The fraction of sp³-hybridized carbons (Fsp3) is 0.471. The van der Waals surface area contributed by atoms with Crippen LogP contribution in [0, 0.1) is 18.3 Å². The maximum atomic E-state index is 12.5. The first-order chi connectivity index (χ1) is 10.3. The minimum Gasteiger partial charge on any atom is -0.496 e. The van der Waals surface area contributed by atoms with Gasteiger partial charge in [-0.2, -0.15) is 0 Å². The molecule has 2 rings (SSSR count). The zero-order valence-corrected chi connectivity index (χ0v) is 12.4. The van der Waals surface area contributed by atoms with E-state index in [2.05, 4.69) is 5.92 Å². The van der Waals surface area contributed by atoms with E-state index >= 15 is 0 Å². The molecule has 1 heterocycles. The second-order valence-corrected chi connectivity index (χ2v) is 5.16. The average molecular weight is 287 g/mol. The summed E-state index contributed by atoms with van der Waals surface area (Å²) in [4.78, 5) is 14.4. The van der Waals surface area contributed by atoms with Crippen LogP contribution in [0.15, 0.2) is 24.3 Å². The van der Waals surface area contributed by atoms with Gasteiger partial charge in [-0.05, 0) is 30.9 Å². The van der Waals surface area contributed by atoms with E-state index in [4.69, 9.17) is 15.9 Å². The number of ether oxygens (including phenoxy) is 2. The number of hydrogen-bond acceptors (Lipinski definition) is 3. The topological polar surface area (TPSA) is 38.8 Å². The molecule has 0 bridgehead atoms. The van der Waals surface area contributed by atoms with Gasteiger partial charge in [0.2, 0.25) is 0 Å². The first-order valence-electron chi connectivity index (χ1n) is 7.19. The zero-order chi connectivity index (χ0) is 15.1. The molecule has 1 aromatic rings. The molecule has 21 heavy (non-hydrogen) atoms. The highest BCUT2D eigenvalue weighted by Gasteiger charge is 2.25. The minimum atomic E-state index is 0.0374. The number of para-hydroxylation sites is 1. The van der Waals surface area contributed by atoms with Gasteiger partial charge in [0, 0.05) is 13.1 Å². The molecule has 0 atom stereocenters. The molecule has 0 saturated carbocycles. The van der Waals surface area contributed by atoms with Crippen molar-refractivity contribution in [2.24, 2.45) is 5.92 Å². The van der Waals surface area contributed by atoms with Gasteiger partial charge < -0.3 is 14.4 Å². The Morgan fingerprint density at radius 2 is 2.10 bits per heavy atom. The van der Waals surface area contributed by atoms with E-state index in [1.54, 1.807) is 7.11 Å². The highest BCUT2D eigenvalue weighted by atomic mass is 16.5. The molecule has 1 aliphatic heterocycles. The SMILES string of the molecule is C#CCOCC1CCN(C(=O)c2ccccc2OC)CC1. The summed E-state index contributed by atoms with van der Waals surface area (Å²) in [5, 5.41) is 0. The molecule has 1 amide bonds. The third-order valence-electron chi connectivity index (χ3n) is 3.78. The molecule has 0 aliphatic carbocycles. The maximum Gasteiger partial charge on any atom is 0.257 e. The Labute approximate surface area is 126 Å². The molecule has 1 fully saturated rings. The van der Waals surface area contributed by atoms with Crippen LogP contribution in [0.2, 0.25) is 0 Å². The number of methoxy groups -OCH3 is 1. The molecule has 0 spiro atoms. The largest absolute Gasteiger partial charge is 0.496 e. The Bertz CT molecular complexity index is 513. The van der Waals surface area contributed by atoms with Crippen LogP contribution >= 0.6 is 0 Å². The van der Waals surface area contributed by atoms with Gasteiger partial charge in [-0.1, -0.05) is 18.1 Å². The van der Waals surface area contributed by atoms with E-state index in [1.807, 2.05) is 29.2 Å². The molecule has 0 aromatic heterocycles. The minimum absolute atomic E-state index is 0.0374. The molecule has 0 N–H and O–H groups in total. The summed E-state index contributed by atoms with van der Waals surface area (Å²) in [5.74, 6) is 3.62. The van der Waals surface area contributed by atoms with E-state index in [1.165, 1.54) is 0 Å². The van der Waals surface area contributed by atoms with Gasteiger partial charge in [0.15, 0.2) is 0 Å². The monoisotopic (exact) mass is 287 g/mol. The maximum absolute atomic E-state index is 12.5. The molecule has 1 aromatic carbocycles. The van der Waals surface area contributed by atoms with Crippen molar-refractivity contribution < 1.29 is 14.3 Å². The lowest BCUT2D eigenvalue weighted by Gasteiger charge is -2.32. The average Bonchev–Trinajstić information content (AvgIpc) is 2.55. The number of carbonyl (C=O) groups is 1. The molecule has 4 heteroatoms. The molecule has 1 saturated heterocycles. The van der Waals surface area contributed by atoms with E-state index in [0.29, 0.717) is 30.4 Å². The number of likely N-dealkylation sites (tertiary alicyclic amines) is 1. The van der Waals surface area contributed by atoms with Crippen LogP contribution < -0.4 is 4.74 Å². The fourth-order valence-electron chi connectivity index (χ4n) is 2.58. The zero-order valence-electron chi connectivity index (χ0n) is 12.4. The summed E-state index contributed by atoms with van der Waals surface area (Å²) in [6.07, 6.45) is 7.06. The third kappa shape index (κ3) is 3.99. The summed E-state index contributed by atoms with van der Waals surface area (Å²) in [7, 11) is 1.58. The molecule has 112 valence electrons. The van der Waals surface area contributed by atoms with Crippen molar-refractivity contribution in [1.29, 1.82) is 0 Å². The number of amides is 1. The number of carbonyl (C=O) groups excluding carboxylic acids is 1. The molecule has 0 unspecified atom stereocenters. The second-order valence-electron chi connectivity index (χ2n) is 5.16. The second kappa shape index (κ2) is 7.70. The number of hydrogen-bond donors (Lipinski definition) is 0. The van der Waals surface area contributed by atoms with Crippen molar-refractivity contribution in [3.05, 3.63) is 29.8 Å². The van der Waals surface area contributed by atoms with Crippen LogP contribution in [0.25, 0.3) is 0 Å². The van der Waals surface area contributed by atoms with Crippen molar-refractivity contribution in [3.63, 3.8) is 0 Å². The molecule has 1 aliphatic rings. The normalized spacial score (nSPS) is 15.5. The highest BCUT2D eigenvalue weighted by Crippen LogP contribution is 2.23. The number of piperidine rings is 1. The first-order valence-corrected chi connectivity index (χ1v) is 7.19. The predicted octanol–water partition coefficient (Wildman–Crippen LogP) is 2.20. The lowest BCUT2D eigenvalue weighted by atomic mass is 9.97. The lowest BCUT2D eigenvalue weighted by molar-refractivity contribution is 0.0579. The Morgan fingerprint density at radius 1 is 1.38 bits per heavy atom. The first kappa shape index (κ1) is 15.4. The van der Waals surface area contributed by atoms with E-state index < -0.39 is 0 Å². The molecular formula is C17H21NO3. The smallest absolute Gasteiger partial charge is 0.257 e. The van der Waals surface area contributed by atoms with Gasteiger partial charge in [-0.15, -0.1) is 6.42 Å². The quantitative estimate of drug-likeness (QED) is 0.615. The fourth-order valence-corrected chi connectivity index (χ4v) is 2.58. The van der Waals surface area contributed by atoms with Gasteiger partial charge in [0.05, 0.1) is 19.3 Å². The van der Waals surface area contributed by atoms with Crippen LogP contribution in [0.1, 0.15) is 23.2 Å². The summed E-state index contributed by atoms with van der Waals surface area (Å²) in [6, 6.07) is 7.34. The van der Waals surface area contributed by atoms with Gasteiger partial charge in [0.1, 0.15) is 12.4 Å². The van der Waals surface area contributed by atoms with Crippen molar-refractivity contribution in [1.82, 2.24) is 4.90 Å². The Hall–Kier alpha value is -1.99. The van der Waals surface area contributed by atoms with Crippen LogP contribution in [-0.2, 0) is 4.74 Å². The van der Waals surface area contributed by atoms with Crippen molar-refractivity contribution in [2.75, 3.05) is 33.4 Å². The van der Waals surface area contributed by atoms with Gasteiger partial charge in [0.25, 0.3) is 5.91 Å². The number of terminal acetylenes is 1. The predicted molar refractivity (Wildman–Crippen MR) is 81.3 cm³/mol. The summed E-state index contributed by atoms with van der Waals surface area (Å²) < 4.78 is 10.6.